The van der Waals surface area contributed by atoms with Gasteiger partial charge in [-0.15, -0.1) is 0 Å². The summed E-state index contributed by atoms with van der Waals surface area (Å²) in [7, 11) is 2.09. The van der Waals surface area contributed by atoms with Crippen molar-refractivity contribution in [3.05, 3.63) is 44.7 Å². The van der Waals surface area contributed by atoms with E-state index >= 15 is 0 Å². The Bertz CT molecular complexity index is 1120. The molecule has 0 spiro atoms. The molecule has 4 heterocycles. The normalized spacial score (nSPS) is 19.3. The van der Waals surface area contributed by atoms with E-state index in [9.17, 15) is 9.59 Å². The van der Waals surface area contributed by atoms with Crippen LogP contribution in [0.3, 0.4) is 0 Å². The Balaban J connectivity index is 1.83. The first-order valence-corrected chi connectivity index (χ1v) is 11.8. The molecule has 4 rings (SSSR count). The molecular weight excluding hydrogens is 430 g/mol. The average Bonchev–Trinajstić information content (AvgIpc) is 3.02. The van der Waals surface area contributed by atoms with Crippen LogP contribution in [0.15, 0.2) is 28.0 Å². The van der Waals surface area contributed by atoms with Gasteiger partial charge in [0, 0.05) is 38.9 Å². The Morgan fingerprint density at radius 1 is 1.23 bits per heavy atom. The summed E-state index contributed by atoms with van der Waals surface area (Å²) in [6.07, 6.45) is 5.31. The molecule has 2 aliphatic heterocycles. The predicted molar refractivity (Wildman–Crippen MR) is 131 cm³/mol. The van der Waals surface area contributed by atoms with Gasteiger partial charge in [0.25, 0.3) is 11.5 Å². The smallest absolute Gasteiger partial charge is 0.267 e. The second-order valence-corrected chi connectivity index (χ2v) is 9.69. The van der Waals surface area contributed by atoms with Gasteiger partial charge in [-0.2, -0.15) is 0 Å². The quantitative estimate of drug-likeness (QED) is 0.505. The van der Waals surface area contributed by atoms with Crippen LogP contribution in [0.25, 0.3) is 11.7 Å². The molecule has 164 valence electrons. The number of hydrogen-bond acceptors (Lipinski definition) is 7. The highest BCUT2D eigenvalue weighted by atomic mass is 32.2. The van der Waals surface area contributed by atoms with Crippen molar-refractivity contribution in [1.29, 1.82) is 0 Å². The zero-order chi connectivity index (χ0) is 22.1. The lowest BCUT2D eigenvalue weighted by Crippen LogP contribution is -2.45. The van der Waals surface area contributed by atoms with Crippen molar-refractivity contribution in [1.82, 2.24) is 19.2 Å². The molecule has 0 radical (unpaired) electrons. The average molecular weight is 458 g/mol. The van der Waals surface area contributed by atoms with Crippen molar-refractivity contribution < 1.29 is 4.79 Å². The molecule has 2 saturated heterocycles. The molecule has 0 aliphatic carbocycles. The molecule has 0 N–H and O–H groups in total. The summed E-state index contributed by atoms with van der Waals surface area (Å²) in [5.41, 5.74) is 1.87. The van der Waals surface area contributed by atoms with Crippen molar-refractivity contribution in [3.8, 4) is 0 Å². The van der Waals surface area contributed by atoms with E-state index in [1.807, 2.05) is 19.1 Å². The van der Waals surface area contributed by atoms with Gasteiger partial charge in [-0.25, -0.2) is 4.98 Å². The Morgan fingerprint density at radius 2 is 1.97 bits per heavy atom. The van der Waals surface area contributed by atoms with Gasteiger partial charge in [0.15, 0.2) is 0 Å². The number of thiocarbonyl (C=S) groups is 1. The fourth-order valence-corrected chi connectivity index (χ4v) is 5.12. The summed E-state index contributed by atoms with van der Waals surface area (Å²) in [6.45, 7) is 8.00. The number of hydrogen-bond donors (Lipinski definition) is 0. The number of nitrogens with zero attached hydrogens (tertiary/aromatic N) is 5. The number of unbranched alkanes of at least 4 members (excludes halogenated alkanes) is 1. The van der Waals surface area contributed by atoms with Gasteiger partial charge < -0.3 is 9.80 Å². The number of fused-ring (bicyclic) bond motifs is 1. The zero-order valence-electron chi connectivity index (χ0n) is 18.1. The number of likely N-dealkylation sites (N-methyl/N-ethyl adjacent to an activating group) is 1. The van der Waals surface area contributed by atoms with Crippen molar-refractivity contribution >= 4 is 51.7 Å². The largest absolute Gasteiger partial charge is 0.353 e. The predicted octanol–water partition coefficient (Wildman–Crippen LogP) is 2.76. The molecule has 31 heavy (non-hydrogen) atoms. The van der Waals surface area contributed by atoms with Crippen LogP contribution in [0, 0.1) is 6.92 Å². The Labute approximate surface area is 191 Å². The minimum absolute atomic E-state index is 0.124. The number of anilines is 1. The van der Waals surface area contributed by atoms with Crippen molar-refractivity contribution in [2.24, 2.45) is 0 Å². The molecular formula is C22H27N5O2S2. The maximum Gasteiger partial charge on any atom is 0.267 e. The second-order valence-electron chi connectivity index (χ2n) is 8.02. The van der Waals surface area contributed by atoms with Gasteiger partial charge in [0.2, 0.25) is 0 Å². The Hall–Kier alpha value is -2.23. The van der Waals surface area contributed by atoms with Crippen LogP contribution in [0.5, 0.6) is 0 Å². The Kier molecular flexibility index (Phi) is 6.45. The summed E-state index contributed by atoms with van der Waals surface area (Å²) in [6, 6.07) is 3.79. The SMILES string of the molecule is CCCCN1C(=O)/C(=C\c2c(N3CCN(C)CC3)nc3c(C)cccn3c2=O)SC1=S. The highest BCUT2D eigenvalue weighted by molar-refractivity contribution is 8.26. The van der Waals surface area contributed by atoms with E-state index in [2.05, 4.69) is 23.8 Å². The van der Waals surface area contributed by atoms with Crippen molar-refractivity contribution in [3.63, 3.8) is 0 Å². The molecule has 0 saturated carbocycles. The van der Waals surface area contributed by atoms with Crippen LogP contribution in [-0.4, -0.2) is 69.2 Å². The van der Waals surface area contributed by atoms with E-state index in [-0.39, 0.29) is 11.5 Å². The number of piperazine rings is 1. The first kappa shape index (κ1) is 22.0. The molecule has 1 amide bonds. The van der Waals surface area contributed by atoms with Gasteiger partial charge in [0.1, 0.15) is 15.8 Å². The number of rotatable bonds is 5. The van der Waals surface area contributed by atoms with Crippen LogP contribution >= 0.6 is 24.0 Å². The molecule has 2 fully saturated rings. The monoisotopic (exact) mass is 457 g/mol. The molecule has 2 aliphatic rings. The van der Waals surface area contributed by atoms with E-state index in [1.54, 1.807) is 21.6 Å². The van der Waals surface area contributed by atoms with E-state index in [0.29, 0.717) is 32.8 Å². The third-order valence-corrected chi connectivity index (χ3v) is 7.13. The number of aryl methyl sites for hydroxylation is 1. The maximum absolute atomic E-state index is 13.5. The molecule has 0 atom stereocenters. The summed E-state index contributed by atoms with van der Waals surface area (Å²) in [4.78, 5) is 37.9. The van der Waals surface area contributed by atoms with Crippen molar-refractivity contribution in [2.75, 3.05) is 44.7 Å². The fraction of sp³-hybridized carbons (Fsp3) is 0.455. The van der Waals surface area contributed by atoms with E-state index in [0.717, 1.165) is 44.6 Å². The standard InChI is InChI=1S/C22H27N5O2S2/c1-4-5-8-27-21(29)17(31-22(27)30)14-16-19(25-12-10-24(3)11-13-25)23-18-15(2)7-6-9-26(18)20(16)28/h6-7,9,14H,4-5,8,10-13H2,1-3H3/b17-14+. The summed E-state index contributed by atoms with van der Waals surface area (Å²) < 4.78 is 2.12. The lowest BCUT2D eigenvalue weighted by Gasteiger charge is -2.34. The number of pyridine rings is 1. The molecule has 9 heteroatoms. The first-order valence-electron chi connectivity index (χ1n) is 10.6. The van der Waals surface area contributed by atoms with Gasteiger partial charge >= 0.3 is 0 Å². The molecule has 2 aromatic heterocycles. The van der Waals surface area contributed by atoms with Crippen LogP contribution < -0.4 is 10.5 Å². The van der Waals surface area contributed by atoms with Crippen molar-refractivity contribution in [2.45, 2.75) is 26.7 Å². The summed E-state index contributed by atoms with van der Waals surface area (Å²) in [5.74, 6) is 0.521. The zero-order valence-corrected chi connectivity index (χ0v) is 19.8. The number of amides is 1. The first-order chi connectivity index (χ1) is 14.9. The van der Waals surface area contributed by atoms with Crippen LogP contribution in [-0.2, 0) is 4.79 Å². The number of aromatic nitrogens is 2. The maximum atomic E-state index is 13.5. The number of thioether (sulfide) groups is 1. The molecule has 2 aromatic rings. The fourth-order valence-electron chi connectivity index (χ4n) is 3.83. The summed E-state index contributed by atoms with van der Waals surface area (Å²) in [5, 5.41) is 0. The van der Waals surface area contributed by atoms with Gasteiger partial charge in [-0.1, -0.05) is 43.4 Å². The highest BCUT2D eigenvalue weighted by Gasteiger charge is 2.32. The Morgan fingerprint density at radius 3 is 2.68 bits per heavy atom. The van der Waals surface area contributed by atoms with E-state index in [1.165, 1.54) is 11.8 Å². The van der Waals surface area contributed by atoms with Crippen LogP contribution in [0.2, 0.25) is 0 Å². The lowest BCUT2D eigenvalue weighted by atomic mass is 10.2. The molecule has 0 bridgehead atoms. The summed E-state index contributed by atoms with van der Waals surface area (Å²) >= 11 is 6.70. The third kappa shape index (κ3) is 4.26. The topological polar surface area (TPSA) is 61.2 Å². The highest BCUT2D eigenvalue weighted by Crippen LogP contribution is 2.33. The van der Waals surface area contributed by atoms with Crippen LogP contribution in [0.4, 0.5) is 5.82 Å². The van der Waals surface area contributed by atoms with Gasteiger partial charge in [-0.3, -0.25) is 18.9 Å². The second kappa shape index (κ2) is 9.10. The van der Waals surface area contributed by atoms with E-state index < -0.39 is 0 Å². The minimum Gasteiger partial charge on any atom is -0.353 e. The van der Waals surface area contributed by atoms with Gasteiger partial charge in [-0.05, 0) is 38.1 Å². The molecule has 7 nitrogen and oxygen atoms in total. The third-order valence-electron chi connectivity index (χ3n) is 5.75. The minimum atomic E-state index is -0.165. The van der Waals surface area contributed by atoms with Crippen LogP contribution in [0.1, 0.15) is 30.9 Å². The molecule has 0 unspecified atom stereocenters. The number of carbonyl (C=O) groups is 1. The van der Waals surface area contributed by atoms with E-state index in [4.69, 9.17) is 17.2 Å². The van der Waals surface area contributed by atoms with Gasteiger partial charge in [0.05, 0.1) is 10.5 Å². The number of carbonyl (C=O) groups excluding carboxylic acids is 1. The molecule has 0 aromatic carbocycles. The lowest BCUT2D eigenvalue weighted by molar-refractivity contribution is -0.122.